The van der Waals surface area contributed by atoms with Crippen LogP contribution in [0, 0.1) is 0 Å². The van der Waals surface area contributed by atoms with Gasteiger partial charge in [-0.15, -0.1) is 0 Å². The number of allylic oxidation sites excluding steroid dienone is 8. The van der Waals surface area contributed by atoms with Gasteiger partial charge in [0.1, 0.15) is 6.10 Å². The fraction of sp³-hybridized carbons (Fsp3) is 0.711. The Labute approximate surface area is 345 Å². The first kappa shape index (κ1) is 54.8. The number of phosphoric ester groups is 1. The SMILES string of the molecule is CC/C=C\CC(O)C(O)/C=C/C=C\C=C\C=C\C(O)C/C=C/CCC(=O)OC(COCCCCCCCCCCCCCCCCCC)COP(=O)(O)OCCN. The van der Waals surface area contributed by atoms with Gasteiger partial charge in [0.05, 0.1) is 38.1 Å². The van der Waals surface area contributed by atoms with E-state index < -0.39 is 38.2 Å². The lowest BCUT2D eigenvalue weighted by atomic mass is 10.0. The Balaban J connectivity index is 4.37. The molecule has 11 nitrogen and oxygen atoms in total. The van der Waals surface area contributed by atoms with Crippen molar-refractivity contribution in [2.75, 3.05) is 33.0 Å². The van der Waals surface area contributed by atoms with Gasteiger partial charge >= 0.3 is 13.8 Å². The number of unbranched alkanes of at least 4 members (excludes halogenated alkanes) is 15. The van der Waals surface area contributed by atoms with Crippen molar-refractivity contribution >= 4 is 13.8 Å². The molecule has 0 aromatic heterocycles. The van der Waals surface area contributed by atoms with E-state index in [-0.39, 0.29) is 32.8 Å². The van der Waals surface area contributed by atoms with Crippen LogP contribution in [-0.4, -0.2) is 83.6 Å². The van der Waals surface area contributed by atoms with Gasteiger partial charge in [-0.05, 0) is 32.1 Å². The van der Waals surface area contributed by atoms with E-state index >= 15 is 0 Å². The van der Waals surface area contributed by atoms with Crippen molar-refractivity contribution in [2.45, 2.75) is 173 Å². The monoisotopic (exact) mass is 826 g/mol. The van der Waals surface area contributed by atoms with Crippen LogP contribution in [0.5, 0.6) is 0 Å². The minimum absolute atomic E-state index is 0.0289. The summed E-state index contributed by atoms with van der Waals surface area (Å²) in [7, 11) is -4.35. The maximum absolute atomic E-state index is 12.6. The van der Waals surface area contributed by atoms with Gasteiger partial charge in [0.25, 0.3) is 0 Å². The van der Waals surface area contributed by atoms with Crippen LogP contribution < -0.4 is 5.73 Å². The molecule has 0 amide bonds. The zero-order valence-corrected chi connectivity index (χ0v) is 36.3. The molecular weight excluding hydrogens is 745 g/mol. The van der Waals surface area contributed by atoms with Gasteiger partial charge in [-0.3, -0.25) is 13.8 Å². The minimum atomic E-state index is -4.35. The number of rotatable bonds is 40. The number of nitrogens with two attached hydrogens (primary N) is 1. The zero-order chi connectivity index (χ0) is 42.1. The third-order valence-electron chi connectivity index (χ3n) is 8.97. The third-order valence-corrected chi connectivity index (χ3v) is 9.95. The number of esters is 1. The summed E-state index contributed by atoms with van der Waals surface area (Å²) in [6.07, 6.45) is 40.3. The summed E-state index contributed by atoms with van der Waals surface area (Å²) in [4.78, 5) is 22.5. The van der Waals surface area contributed by atoms with Crippen LogP contribution in [0.3, 0.4) is 0 Å². The first-order chi connectivity index (χ1) is 27.6. The van der Waals surface area contributed by atoms with Crippen molar-refractivity contribution < 1.29 is 48.1 Å². The molecule has 5 atom stereocenters. The number of ether oxygens (including phenoxy) is 2. The summed E-state index contributed by atoms with van der Waals surface area (Å²) in [5.41, 5.74) is 5.35. The van der Waals surface area contributed by atoms with E-state index in [4.69, 9.17) is 24.3 Å². The molecule has 12 heteroatoms. The number of hydrogen-bond donors (Lipinski definition) is 5. The predicted octanol–water partition coefficient (Wildman–Crippen LogP) is 9.66. The largest absolute Gasteiger partial charge is 0.472 e. The fourth-order valence-electron chi connectivity index (χ4n) is 5.64. The Morgan fingerprint density at radius 2 is 1.19 bits per heavy atom. The van der Waals surface area contributed by atoms with Crippen LogP contribution in [-0.2, 0) is 27.9 Å². The van der Waals surface area contributed by atoms with E-state index in [1.165, 1.54) is 89.5 Å². The third kappa shape index (κ3) is 39.1. The van der Waals surface area contributed by atoms with E-state index in [0.717, 1.165) is 25.7 Å². The lowest BCUT2D eigenvalue weighted by Gasteiger charge is -2.20. The van der Waals surface area contributed by atoms with E-state index in [1.54, 1.807) is 54.7 Å². The Bertz CT molecular complexity index is 1150. The average molecular weight is 826 g/mol. The molecule has 6 N–H and O–H groups in total. The molecule has 0 radical (unpaired) electrons. The summed E-state index contributed by atoms with van der Waals surface area (Å²) < 4.78 is 33.2. The molecule has 0 aromatic rings. The standard InChI is InChI=1S/C45H80NO10P/c1-3-5-7-8-9-10-11-12-13-14-15-16-17-20-23-30-37-53-39-42(40-55-57(51,52)54-38-36-46)56-45(50)35-29-24-27-32-41(47)31-26-21-18-19-22-28-34-44(49)43(48)33-25-6-4-2/h6,18-19,21-22,24-28,31,34,41-44,47-49H,3-5,7-17,20,23,29-30,32-33,35-40,46H2,1-2H3,(H,51,52)/b21-18+,22-19-,25-6-,27-24+,31-26+,34-28+. The van der Waals surface area contributed by atoms with Crippen molar-refractivity contribution in [1.29, 1.82) is 0 Å². The van der Waals surface area contributed by atoms with Gasteiger partial charge in [0.15, 0.2) is 0 Å². The van der Waals surface area contributed by atoms with Crippen molar-refractivity contribution in [3.05, 3.63) is 72.9 Å². The Morgan fingerprint density at radius 1 is 0.649 bits per heavy atom. The van der Waals surface area contributed by atoms with Crippen LogP contribution in [0.1, 0.15) is 149 Å². The highest BCUT2D eigenvalue weighted by Crippen LogP contribution is 2.43. The molecular formula is C45H80NO10P. The van der Waals surface area contributed by atoms with Gasteiger partial charge < -0.3 is 35.4 Å². The van der Waals surface area contributed by atoms with Crippen LogP contribution in [0.4, 0.5) is 0 Å². The van der Waals surface area contributed by atoms with Gasteiger partial charge in [-0.1, -0.05) is 183 Å². The van der Waals surface area contributed by atoms with Crippen LogP contribution >= 0.6 is 7.82 Å². The number of aliphatic hydroxyl groups excluding tert-OH is 3. The van der Waals surface area contributed by atoms with E-state index in [0.29, 0.717) is 25.9 Å². The molecule has 0 bridgehead atoms. The summed E-state index contributed by atoms with van der Waals surface area (Å²) in [5, 5.41) is 30.0. The zero-order valence-electron chi connectivity index (χ0n) is 35.4. The average Bonchev–Trinajstić information content (AvgIpc) is 3.19. The quantitative estimate of drug-likeness (QED) is 0.0131. The first-order valence-electron chi connectivity index (χ1n) is 21.8. The Hall–Kier alpha value is -2.18. The molecule has 0 aliphatic carbocycles. The highest BCUT2D eigenvalue weighted by Gasteiger charge is 2.25. The molecule has 330 valence electrons. The van der Waals surface area contributed by atoms with Gasteiger partial charge in [-0.2, -0.15) is 0 Å². The minimum Gasteiger partial charge on any atom is -0.457 e. The highest BCUT2D eigenvalue weighted by atomic mass is 31.2. The fourth-order valence-corrected chi connectivity index (χ4v) is 6.41. The second-order valence-corrected chi connectivity index (χ2v) is 15.9. The van der Waals surface area contributed by atoms with Crippen LogP contribution in [0.2, 0.25) is 0 Å². The summed E-state index contributed by atoms with van der Waals surface area (Å²) in [6, 6.07) is 0. The maximum atomic E-state index is 12.6. The number of carbonyl (C=O) groups is 1. The smallest absolute Gasteiger partial charge is 0.457 e. The molecule has 0 fully saturated rings. The van der Waals surface area contributed by atoms with Gasteiger partial charge in [-0.25, -0.2) is 4.57 Å². The van der Waals surface area contributed by atoms with Crippen molar-refractivity contribution in [3.8, 4) is 0 Å². The molecule has 0 aromatic carbocycles. The molecule has 5 unspecified atom stereocenters. The second-order valence-electron chi connectivity index (χ2n) is 14.4. The lowest BCUT2D eigenvalue weighted by Crippen LogP contribution is -2.28. The lowest BCUT2D eigenvalue weighted by molar-refractivity contribution is -0.154. The molecule has 0 rings (SSSR count). The molecule has 0 saturated heterocycles. The second kappa shape index (κ2) is 40.6. The number of phosphoric acid groups is 1. The van der Waals surface area contributed by atoms with Crippen molar-refractivity contribution in [2.24, 2.45) is 5.73 Å². The molecule has 0 aliphatic rings. The molecule has 0 spiro atoms. The predicted molar refractivity (Wildman–Crippen MR) is 233 cm³/mol. The van der Waals surface area contributed by atoms with Crippen molar-refractivity contribution in [1.82, 2.24) is 0 Å². The topological polar surface area (TPSA) is 178 Å². The summed E-state index contributed by atoms with van der Waals surface area (Å²) in [5.74, 6) is -0.502. The number of hydrogen-bond acceptors (Lipinski definition) is 10. The first-order valence-corrected chi connectivity index (χ1v) is 23.3. The van der Waals surface area contributed by atoms with Gasteiger partial charge in [0, 0.05) is 19.6 Å². The summed E-state index contributed by atoms with van der Waals surface area (Å²) in [6.45, 7) is 4.34. The van der Waals surface area contributed by atoms with Crippen LogP contribution in [0.25, 0.3) is 0 Å². The Morgan fingerprint density at radius 3 is 1.77 bits per heavy atom. The Kier molecular flexibility index (Phi) is 39.0. The molecule has 0 saturated carbocycles. The number of carbonyl (C=O) groups excluding carboxylic acids is 1. The van der Waals surface area contributed by atoms with E-state index in [9.17, 15) is 29.6 Å². The van der Waals surface area contributed by atoms with E-state index in [2.05, 4.69) is 6.92 Å². The highest BCUT2D eigenvalue weighted by molar-refractivity contribution is 7.47. The molecule has 57 heavy (non-hydrogen) atoms. The maximum Gasteiger partial charge on any atom is 0.472 e. The molecule has 0 aliphatic heterocycles. The van der Waals surface area contributed by atoms with Crippen LogP contribution in [0.15, 0.2) is 72.9 Å². The van der Waals surface area contributed by atoms with Gasteiger partial charge in [0.2, 0.25) is 0 Å². The molecule has 0 heterocycles. The van der Waals surface area contributed by atoms with E-state index in [1.807, 2.05) is 19.1 Å². The van der Waals surface area contributed by atoms with Crippen molar-refractivity contribution in [3.63, 3.8) is 0 Å². The summed E-state index contributed by atoms with van der Waals surface area (Å²) >= 11 is 0. The normalized spacial score (nSPS) is 15.8. The number of aliphatic hydroxyl groups is 3.